The Bertz CT molecular complexity index is 162. The molecule has 0 aromatic carbocycles. The summed E-state index contributed by atoms with van der Waals surface area (Å²) in [6, 6.07) is 0. The number of hydrogen-bond donors (Lipinski definition) is 0. The predicted molar refractivity (Wildman–Crippen MR) is 85.9 cm³/mol. The van der Waals surface area contributed by atoms with E-state index >= 15 is 0 Å². The Morgan fingerprint density at radius 1 is 0.722 bits per heavy atom. The van der Waals surface area contributed by atoms with Crippen LogP contribution in [0.2, 0.25) is 0 Å². The largest absolute Gasteiger partial charge is 0.679 e. The molecule has 0 radical (unpaired) electrons. The van der Waals surface area contributed by atoms with Crippen LogP contribution in [0.5, 0.6) is 0 Å². The van der Waals surface area contributed by atoms with E-state index in [4.69, 9.17) is 17.7 Å². The van der Waals surface area contributed by atoms with Crippen molar-refractivity contribution in [2.45, 2.75) is 19.3 Å². The molecule has 0 saturated heterocycles. The van der Waals surface area contributed by atoms with Crippen molar-refractivity contribution in [3.05, 3.63) is 0 Å². The lowest BCUT2D eigenvalue weighted by molar-refractivity contribution is -0.0217. The molecule has 18 heavy (non-hydrogen) atoms. The Morgan fingerprint density at radius 2 is 1.06 bits per heavy atom. The lowest BCUT2D eigenvalue weighted by Gasteiger charge is -2.26. The molecular formula is C10H21Br3O4Si. The van der Waals surface area contributed by atoms with Crippen molar-refractivity contribution < 1.29 is 17.7 Å². The van der Waals surface area contributed by atoms with Gasteiger partial charge in [-0.25, -0.2) is 0 Å². The summed E-state index contributed by atoms with van der Waals surface area (Å²) in [6.07, 6.45) is 2.71. The second-order valence-corrected chi connectivity index (χ2v) is 8.03. The maximum Gasteiger partial charge on any atom is 0.679 e. The zero-order valence-electron chi connectivity index (χ0n) is 10.6. The first-order valence-corrected chi connectivity index (χ1v) is 10.9. The van der Waals surface area contributed by atoms with E-state index in [-0.39, 0.29) is 0 Å². The lowest BCUT2D eigenvalue weighted by atomic mass is 10.5. The molecule has 0 unspecified atom stereocenters. The summed E-state index contributed by atoms with van der Waals surface area (Å²) in [5, 5.41) is 2.68. The quantitative estimate of drug-likeness (QED) is 0.234. The zero-order chi connectivity index (χ0) is 13.7. The minimum Gasteiger partial charge on any atom is -0.355 e. The molecule has 0 heterocycles. The summed E-state index contributed by atoms with van der Waals surface area (Å²) in [6.45, 7) is 1.73. The SMILES string of the molecule is CO[Si](OCCCBr)(OCCCBr)OCCCBr. The summed E-state index contributed by atoms with van der Waals surface area (Å²) in [5.74, 6) is 0. The maximum atomic E-state index is 5.72. The van der Waals surface area contributed by atoms with Gasteiger partial charge in [0.2, 0.25) is 0 Å². The lowest BCUT2D eigenvalue weighted by Crippen LogP contribution is -2.49. The molecular weight excluding hydrogens is 452 g/mol. The fourth-order valence-corrected chi connectivity index (χ4v) is 3.53. The third kappa shape index (κ3) is 9.41. The molecule has 0 aromatic heterocycles. The van der Waals surface area contributed by atoms with Crippen molar-refractivity contribution >= 4 is 56.8 Å². The smallest absolute Gasteiger partial charge is 0.355 e. The van der Waals surface area contributed by atoms with Gasteiger partial charge in [0.25, 0.3) is 0 Å². The first-order valence-electron chi connectivity index (χ1n) is 5.89. The average molecular weight is 473 g/mol. The van der Waals surface area contributed by atoms with E-state index in [9.17, 15) is 0 Å². The number of halogens is 3. The van der Waals surface area contributed by atoms with Crippen molar-refractivity contribution in [3.8, 4) is 0 Å². The monoisotopic (exact) mass is 470 g/mol. The zero-order valence-corrected chi connectivity index (χ0v) is 16.4. The summed E-state index contributed by atoms with van der Waals surface area (Å²) in [4.78, 5) is 0. The van der Waals surface area contributed by atoms with Crippen LogP contribution in [0.1, 0.15) is 19.3 Å². The molecule has 0 aliphatic heterocycles. The maximum absolute atomic E-state index is 5.72. The van der Waals surface area contributed by atoms with Gasteiger partial charge in [-0.15, -0.1) is 0 Å². The van der Waals surface area contributed by atoms with Crippen LogP contribution in [0, 0.1) is 0 Å². The van der Waals surface area contributed by atoms with Crippen molar-refractivity contribution in [1.29, 1.82) is 0 Å². The first kappa shape index (κ1) is 19.5. The van der Waals surface area contributed by atoms with Gasteiger partial charge in [-0.1, -0.05) is 47.8 Å². The van der Waals surface area contributed by atoms with Crippen LogP contribution >= 0.6 is 47.8 Å². The molecule has 0 aliphatic rings. The normalized spacial score (nSPS) is 12.0. The fraction of sp³-hybridized carbons (Fsp3) is 1.00. The molecule has 0 spiro atoms. The van der Waals surface area contributed by atoms with Crippen LogP contribution in [0.4, 0.5) is 0 Å². The first-order chi connectivity index (χ1) is 8.74. The van der Waals surface area contributed by atoms with E-state index in [0.29, 0.717) is 19.8 Å². The summed E-state index contributed by atoms with van der Waals surface area (Å²) in [7, 11) is -1.36. The van der Waals surface area contributed by atoms with Gasteiger partial charge in [0.05, 0.1) is 0 Å². The molecule has 0 N–H and O–H groups in total. The Kier molecular flexibility index (Phi) is 14.6. The fourth-order valence-electron chi connectivity index (χ4n) is 1.06. The van der Waals surface area contributed by atoms with Gasteiger partial charge >= 0.3 is 9.05 Å². The minimum absolute atomic E-state index is 0.577. The number of alkyl halides is 3. The van der Waals surface area contributed by atoms with E-state index in [1.54, 1.807) is 7.11 Å². The third-order valence-electron chi connectivity index (χ3n) is 1.92. The van der Waals surface area contributed by atoms with Gasteiger partial charge < -0.3 is 17.7 Å². The third-order valence-corrected chi connectivity index (χ3v) is 5.78. The number of rotatable bonds is 13. The summed E-state index contributed by atoms with van der Waals surface area (Å²) < 4.78 is 22.6. The summed E-state index contributed by atoms with van der Waals surface area (Å²) in [5.41, 5.74) is 0. The van der Waals surface area contributed by atoms with Crippen LogP contribution in [0.15, 0.2) is 0 Å². The Hall–Kier alpha value is 1.50. The van der Waals surface area contributed by atoms with Gasteiger partial charge in [-0.3, -0.25) is 0 Å². The van der Waals surface area contributed by atoms with Gasteiger partial charge in [0, 0.05) is 42.9 Å². The van der Waals surface area contributed by atoms with Gasteiger partial charge in [-0.2, -0.15) is 0 Å². The molecule has 0 bridgehead atoms. The average Bonchev–Trinajstić information content (AvgIpc) is 2.39. The van der Waals surface area contributed by atoms with Crippen LogP contribution in [-0.2, 0) is 17.7 Å². The van der Waals surface area contributed by atoms with Crippen molar-refractivity contribution in [2.75, 3.05) is 42.9 Å². The highest BCUT2D eigenvalue weighted by molar-refractivity contribution is 9.09. The second-order valence-electron chi connectivity index (χ2n) is 3.38. The molecule has 0 aliphatic carbocycles. The molecule has 0 saturated carbocycles. The van der Waals surface area contributed by atoms with Crippen molar-refractivity contribution in [1.82, 2.24) is 0 Å². The molecule has 0 aromatic rings. The van der Waals surface area contributed by atoms with Gasteiger partial charge in [0.15, 0.2) is 0 Å². The minimum atomic E-state index is -2.94. The highest BCUT2D eigenvalue weighted by Gasteiger charge is 2.44. The standard InChI is InChI=1S/C10H21Br3O4Si/c1-14-18(15-8-2-5-11,16-9-3-6-12)17-10-4-7-13/h2-10H2,1H3. The van der Waals surface area contributed by atoms with E-state index in [1.165, 1.54) is 0 Å². The van der Waals surface area contributed by atoms with Crippen LogP contribution < -0.4 is 0 Å². The Balaban J connectivity index is 4.20. The molecule has 0 atom stereocenters. The highest BCUT2D eigenvalue weighted by Crippen LogP contribution is 2.13. The number of hydrogen-bond acceptors (Lipinski definition) is 4. The van der Waals surface area contributed by atoms with E-state index in [1.807, 2.05) is 0 Å². The Labute approximate surface area is 136 Å². The van der Waals surface area contributed by atoms with Crippen molar-refractivity contribution in [3.63, 3.8) is 0 Å². The summed E-state index contributed by atoms with van der Waals surface area (Å²) >= 11 is 10.1. The van der Waals surface area contributed by atoms with Crippen LogP contribution in [-0.4, -0.2) is 52.0 Å². The van der Waals surface area contributed by atoms with Crippen LogP contribution in [0.25, 0.3) is 0 Å². The molecule has 4 nitrogen and oxygen atoms in total. The van der Waals surface area contributed by atoms with Gasteiger partial charge in [0.1, 0.15) is 0 Å². The topological polar surface area (TPSA) is 36.9 Å². The molecule has 0 amide bonds. The van der Waals surface area contributed by atoms with E-state index in [2.05, 4.69) is 47.8 Å². The van der Waals surface area contributed by atoms with Gasteiger partial charge in [-0.05, 0) is 19.3 Å². The van der Waals surface area contributed by atoms with E-state index in [0.717, 1.165) is 35.3 Å². The van der Waals surface area contributed by atoms with E-state index < -0.39 is 9.05 Å². The Morgan fingerprint density at radius 3 is 1.28 bits per heavy atom. The molecule has 0 rings (SSSR count). The second kappa shape index (κ2) is 13.5. The molecule has 8 heteroatoms. The van der Waals surface area contributed by atoms with Crippen LogP contribution in [0.3, 0.4) is 0 Å². The predicted octanol–water partition coefficient (Wildman–Crippen LogP) is 3.47. The highest BCUT2D eigenvalue weighted by atomic mass is 79.9. The molecule has 110 valence electrons. The molecule has 0 fully saturated rings. The van der Waals surface area contributed by atoms with Crippen molar-refractivity contribution in [2.24, 2.45) is 0 Å².